The van der Waals surface area contributed by atoms with Crippen molar-refractivity contribution in [2.75, 3.05) is 9.80 Å². The van der Waals surface area contributed by atoms with Crippen LogP contribution in [0.2, 0.25) is 0 Å². The highest BCUT2D eigenvalue weighted by molar-refractivity contribution is 7.00. The van der Waals surface area contributed by atoms with Crippen molar-refractivity contribution < 1.29 is 4.42 Å². The molecule has 0 amide bonds. The summed E-state index contributed by atoms with van der Waals surface area (Å²) in [4.78, 5) is 20.8. The van der Waals surface area contributed by atoms with Gasteiger partial charge >= 0.3 is 0 Å². The van der Waals surface area contributed by atoms with E-state index in [-0.39, 0.29) is 6.71 Å². The average molecular weight is 1140 g/mol. The number of hydrogen-bond donors (Lipinski definition) is 0. The van der Waals surface area contributed by atoms with Gasteiger partial charge in [0.05, 0.1) is 22.1 Å². The van der Waals surface area contributed by atoms with Crippen LogP contribution in [0.5, 0.6) is 0 Å². The maximum Gasteiger partial charge on any atom is 0.252 e. The summed E-state index contributed by atoms with van der Waals surface area (Å²) in [5.74, 6) is 1.76. The highest BCUT2D eigenvalue weighted by Crippen LogP contribution is 2.47. The third kappa shape index (κ3) is 8.11. The van der Waals surface area contributed by atoms with Crippen LogP contribution in [0.15, 0.2) is 314 Å². The van der Waals surface area contributed by atoms with Crippen molar-refractivity contribution in [2.24, 2.45) is 0 Å². The van der Waals surface area contributed by atoms with Crippen LogP contribution in [0, 0.1) is 0 Å². The van der Waals surface area contributed by atoms with Crippen molar-refractivity contribution in [2.45, 2.75) is 0 Å². The summed E-state index contributed by atoms with van der Waals surface area (Å²) >= 11 is 0. The Labute approximate surface area is 514 Å². The summed E-state index contributed by atoms with van der Waals surface area (Å²) in [6.07, 6.45) is 0. The predicted molar refractivity (Wildman–Crippen MR) is 368 cm³/mol. The van der Waals surface area contributed by atoms with Crippen LogP contribution in [-0.2, 0) is 0 Å². The number of benzene rings is 13. The van der Waals surface area contributed by atoms with Gasteiger partial charge < -0.3 is 18.8 Å². The summed E-state index contributed by atoms with van der Waals surface area (Å²) in [6.45, 7) is 0.0682. The van der Waals surface area contributed by atoms with Gasteiger partial charge in [-0.15, -0.1) is 0 Å². The lowest BCUT2D eigenvalue weighted by Crippen LogP contribution is -2.61. The molecule has 7 nitrogen and oxygen atoms in total. The highest BCUT2D eigenvalue weighted by Gasteiger charge is 2.43. The molecule has 8 heteroatoms. The van der Waals surface area contributed by atoms with Crippen LogP contribution in [-0.4, -0.2) is 26.2 Å². The van der Waals surface area contributed by atoms with Crippen LogP contribution in [0.4, 0.5) is 34.1 Å². The third-order valence-corrected chi connectivity index (χ3v) is 18.0. The zero-order valence-corrected chi connectivity index (χ0v) is 48.1. The Bertz CT molecular complexity index is 5430. The number of fused-ring (bicyclic) bond motifs is 11. The summed E-state index contributed by atoms with van der Waals surface area (Å²) in [5, 5.41) is 4.31. The lowest BCUT2D eigenvalue weighted by Gasteiger charge is -2.44. The van der Waals surface area contributed by atoms with Gasteiger partial charge in [-0.2, -0.15) is 0 Å². The molecular weight excluding hydrogens is 1080 g/mol. The number of aromatic nitrogens is 4. The first kappa shape index (κ1) is 50.5. The first-order valence-corrected chi connectivity index (χ1v) is 30.3. The van der Waals surface area contributed by atoms with Gasteiger partial charge in [-0.05, 0) is 135 Å². The molecule has 3 aromatic heterocycles. The summed E-state index contributed by atoms with van der Waals surface area (Å²) in [5.41, 5.74) is 24.8. The molecule has 13 aromatic carbocycles. The monoisotopic (exact) mass is 1130 g/mol. The molecule has 0 unspecified atom stereocenters. The number of anilines is 6. The molecule has 0 saturated carbocycles. The van der Waals surface area contributed by atoms with E-state index in [0.717, 1.165) is 111 Å². The van der Waals surface area contributed by atoms with E-state index in [9.17, 15) is 0 Å². The van der Waals surface area contributed by atoms with E-state index in [1.807, 2.05) is 42.5 Å². The molecule has 5 heterocycles. The van der Waals surface area contributed by atoms with Crippen molar-refractivity contribution in [3.63, 3.8) is 0 Å². The molecule has 0 spiro atoms. The second kappa shape index (κ2) is 20.4. The normalized spacial score (nSPS) is 12.4. The number of nitrogens with zero attached hydrogens (tertiary/aromatic N) is 6. The molecule has 0 N–H and O–H groups in total. The topological polar surface area (TPSA) is 63.2 Å². The van der Waals surface area contributed by atoms with E-state index in [4.69, 9.17) is 19.4 Å². The Balaban J connectivity index is 0.790. The Morgan fingerprint density at radius 3 is 1.46 bits per heavy atom. The van der Waals surface area contributed by atoms with Gasteiger partial charge in [0.1, 0.15) is 11.2 Å². The second-order valence-corrected chi connectivity index (χ2v) is 23.0. The molecule has 414 valence electrons. The van der Waals surface area contributed by atoms with Crippen molar-refractivity contribution in [1.29, 1.82) is 0 Å². The molecule has 2 aliphatic heterocycles. The quantitative estimate of drug-likeness (QED) is 0.134. The lowest BCUT2D eigenvalue weighted by atomic mass is 9.33. The standard InChI is InChI=1S/C81H51BN6O/c1-4-23-52(24-5-1)79-83-80(53-25-6-2-7-26-53)85-81(84-79)65-38-21-37-61(77(65)88-68-41-14-10-36-64(68)75-71(88)48-47-63-62-35-11-17-46-74(62)89-78(63)75)58-31-19-29-56(50-58)54-27-18-28-55(49-54)57-30-20-34-60(51-57)87-70-43-16-13-40-67(70)82-66-39-12-15-42-69(66)86(59-32-8-3-9-33-59)72-44-22-45-73(87)76(72)82/h1-51H. The Hall–Kier alpha value is -11.9. The fourth-order valence-electron chi connectivity index (χ4n) is 14.1. The Morgan fingerprint density at radius 2 is 0.775 bits per heavy atom. The van der Waals surface area contributed by atoms with E-state index in [0.29, 0.717) is 17.5 Å². The SMILES string of the molecule is c1ccc(-c2nc(-c3ccccc3)nc(-c3cccc(-c4cccc(-c5cccc(-c6cccc(N7c8ccccc8B8c9ccccc9N(c9ccccc9)c9cccc7c98)c6)c5)c4)c3-n3c4ccccc4c4c5oc6ccccc6c5ccc43)n2)cc1. The summed E-state index contributed by atoms with van der Waals surface area (Å²) in [6, 6.07) is 111. The fraction of sp³-hybridized carbons (Fsp3) is 0. The second-order valence-electron chi connectivity index (χ2n) is 23.0. The van der Waals surface area contributed by atoms with E-state index in [2.05, 4.69) is 281 Å². The first-order valence-electron chi connectivity index (χ1n) is 30.3. The molecule has 2 aliphatic rings. The maximum atomic E-state index is 6.85. The molecule has 0 atom stereocenters. The van der Waals surface area contributed by atoms with Crippen LogP contribution in [0.25, 0.3) is 117 Å². The van der Waals surface area contributed by atoms with Crippen LogP contribution >= 0.6 is 0 Å². The Kier molecular flexibility index (Phi) is 11.6. The zero-order valence-electron chi connectivity index (χ0n) is 48.1. The molecule has 89 heavy (non-hydrogen) atoms. The molecule has 0 bridgehead atoms. The number of furan rings is 1. The van der Waals surface area contributed by atoms with Crippen molar-refractivity contribution in [3.05, 3.63) is 309 Å². The highest BCUT2D eigenvalue weighted by atomic mass is 16.3. The van der Waals surface area contributed by atoms with Gasteiger partial charge in [-0.3, -0.25) is 0 Å². The van der Waals surface area contributed by atoms with Crippen LogP contribution in [0.3, 0.4) is 0 Å². The number of hydrogen-bond acceptors (Lipinski definition) is 6. The third-order valence-electron chi connectivity index (χ3n) is 18.0. The zero-order chi connectivity index (χ0) is 58.5. The maximum absolute atomic E-state index is 6.85. The van der Waals surface area contributed by atoms with Gasteiger partial charge in [0.2, 0.25) is 0 Å². The summed E-state index contributed by atoms with van der Waals surface area (Å²) in [7, 11) is 0. The van der Waals surface area contributed by atoms with Crippen LogP contribution in [0.1, 0.15) is 0 Å². The van der Waals surface area contributed by atoms with Crippen molar-refractivity contribution in [3.8, 4) is 73.2 Å². The predicted octanol–water partition coefficient (Wildman–Crippen LogP) is 19.0. The van der Waals surface area contributed by atoms with Gasteiger partial charge in [-0.25, -0.2) is 15.0 Å². The van der Waals surface area contributed by atoms with Gasteiger partial charge in [0.25, 0.3) is 6.71 Å². The van der Waals surface area contributed by atoms with Gasteiger partial charge in [-0.1, -0.05) is 218 Å². The van der Waals surface area contributed by atoms with Crippen molar-refractivity contribution >= 4 is 101 Å². The lowest BCUT2D eigenvalue weighted by molar-refractivity contribution is 0.673. The Morgan fingerprint density at radius 1 is 0.303 bits per heavy atom. The molecule has 0 saturated heterocycles. The van der Waals surface area contributed by atoms with Gasteiger partial charge in [0.15, 0.2) is 17.5 Å². The largest absolute Gasteiger partial charge is 0.455 e. The molecule has 0 fully saturated rings. The number of para-hydroxylation sites is 6. The van der Waals surface area contributed by atoms with Crippen LogP contribution < -0.4 is 26.2 Å². The van der Waals surface area contributed by atoms with E-state index in [1.54, 1.807) is 0 Å². The fourth-order valence-corrected chi connectivity index (χ4v) is 14.1. The summed E-state index contributed by atoms with van der Waals surface area (Å²) < 4.78 is 9.25. The van der Waals surface area contributed by atoms with Crippen molar-refractivity contribution in [1.82, 2.24) is 19.5 Å². The smallest absolute Gasteiger partial charge is 0.252 e. The molecular formula is C81H51BN6O. The minimum absolute atomic E-state index is 0.0682. The number of rotatable bonds is 9. The van der Waals surface area contributed by atoms with E-state index in [1.165, 1.54) is 39.1 Å². The molecule has 0 aliphatic carbocycles. The first-order chi connectivity index (χ1) is 44.2. The van der Waals surface area contributed by atoms with E-state index >= 15 is 0 Å². The molecule has 0 radical (unpaired) electrons. The minimum Gasteiger partial charge on any atom is -0.455 e. The van der Waals surface area contributed by atoms with E-state index < -0.39 is 0 Å². The molecule has 16 aromatic rings. The average Bonchev–Trinajstić information content (AvgIpc) is 1.71. The minimum atomic E-state index is 0.0682. The van der Waals surface area contributed by atoms with Gasteiger partial charge in [0, 0.05) is 72.5 Å². The molecule has 18 rings (SSSR count).